The highest BCUT2D eigenvalue weighted by Gasteiger charge is 2.17. The normalized spacial score (nSPS) is 10.9. The van der Waals surface area contributed by atoms with Crippen molar-refractivity contribution in [2.24, 2.45) is 0 Å². The summed E-state index contributed by atoms with van der Waals surface area (Å²) in [5.74, 6) is -0.611. The monoisotopic (exact) mass is 382 g/mol. The first kappa shape index (κ1) is 19.5. The average molecular weight is 382 g/mol. The van der Waals surface area contributed by atoms with Crippen molar-refractivity contribution in [2.75, 3.05) is 13.2 Å². The van der Waals surface area contributed by atoms with Crippen LogP contribution in [0.25, 0.3) is 21.5 Å². The molecule has 0 saturated heterocycles. The lowest BCUT2D eigenvalue weighted by molar-refractivity contribution is -0.138. The number of hydrogen-bond acceptors (Lipinski definition) is 4. The van der Waals surface area contributed by atoms with Gasteiger partial charge >= 0.3 is 11.9 Å². The topological polar surface area (TPSA) is 93.1 Å². The molecule has 2 N–H and O–H groups in total. The maximum absolute atomic E-state index is 10.9. The maximum Gasteiger partial charge on any atom is 0.306 e. The molecule has 0 bridgehead atoms. The molecule has 3 aromatic carbocycles. The number of ether oxygens (including phenoxy) is 2. The molecule has 3 aromatic rings. The molecular formula is C22H22O6. The summed E-state index contributed by atoms with van der Waals surface area (Å²) in [7, 11) is 0. The summed E-state index contributed by atoms with van der Waals surface area (Å²) >= 11 is 0. The molecule has 146 valence electrons. The summed E-state index contributed by atoms with van der Waals surface area (Å²) in [6.07, 6.45) is 0.645. The van der Waals surface area contributed by atoms with Gasteiger partial charge in [-0.25, -0.2) is 0 Å². The van der Waals surface area contributed by atoms with E-state index in [0.29, 0.717) is 11.5 Å². The Morgan fingerprint density at radius 3 is 1.79 bits per heavy atom. The second-order valence-electron chi connectivity index (χ2n) is 6.42. The van der Waals surface area contributed by atoms with Crippen molar-refractivity contribution in [2.45, 2.75) is 26.2 Å². The van der Waals surface area contributed by atoms with Crippen molar-refractivity contribution < 1.29 is 29.3 Å². The minimum absolute atomic E-state index is 0.0587. The molecule has 0 aliphatic carbocycles. The highest BCUT2D eigenvalue weighted by Crippen LogP contribution is 2.43. The number of benzene rings is 3. The van der Waals surface area contributed by atoms with Gasteiger partial charge in [0.2, 0.25) is 0 Å². The molecule has 0 spiro atoms. The van der Waals surface area contributed by atoms with Crippen molar-refractivity contribution in [3.8, 4) is 11.5 Å². The third-order valence-corrected chi connectivity index (χ3v) is 4.52. The van der Waals surface area contributed by atoms with Gasteiger partial charge in [-0.1, -0.05) is 43.3 Å². The van der Waals surface area contributed by atoms with Crippen LogP contribution in [0.15, 0.2) is 42.5 Å². The fourth-order valence-electron chi connectivity index (χ4n) is 3.16. The lowest BCUT2D eigenvalue weighted by atomic mass is 9.98. The number of carboxylic acids is 2. The van der Waals surface area contributed by atoms with Crippen molar-refractivity contribution in [3.05, 3.63) is 48.0 Å². The maximum atomic E-state index is 10.9. The van der Waals surface area contributed by atoms with Gasteiger partial charge in [-0.15, -0.1) is 0 Å². The molecule has 0 radical (unpaired) electrons. The number of fused-ring (bicyclic) bond motifs is 2. The fraction of sp³-hybridized carbons (Fsp3) is 0.273. The van der Waals surface area contributed by atoms with Crippen LogP contribution in [0.3, 0.4) is 0 Å². The zero-order chi connectivity index (χ0) is 20.1. The minimum atomic E-state index is -0.921. The first-order chi connectivity index (χ1) is 13.5. The Balaban J connectivity index is 2.18. The van der Waals surface area contributed by atoms with E-state index in [0.717, 1.165) is 33.5 Å². The third-order valence-electron chi connectivity index (χ3n) is 4.52. The number of rotatable bonds is 9. The van der Waals surface area contributed by atoms with Gasteiger partial charge in [0.25, 0.3) is 0 Å². The second-order valence-corrected chi connectivity index (χ2v) is 6.42. The first-order valence-electron chi connectivity index (χ1n) is 9.17. The van der Waals surface area contributed by atoms with Crippen molar-refractivity contribution in [1.82, 2.24) is 0 Å². The Morgan fingerprint density at radius 1 is 0.786 bits per heavy atom. The van der Waals surface area contributed by atoms with E-state index >= 15 is 0 Å². The second kappa shape index (κ2) is 8.61. The van der Waals surface area contributed by atoms with Crippen molar-refractivity contribution >= 4 is 33.5 Å². The van der Waals surface area contributed by atoms with Gasteiger partial charge in [-0.3, -0.25) is 9.59 Å². The molecule has 0 aliphatic heterocycles. The van der Waals surface area contributed by atoms with Gasteiger partial charge in [0.05, 0.1) is 26.1 Å². The quantitative estimate of drug-likeness (QED) is 0.537. The lowest BCUT2D eigenvalue weighted by Gasteiger charge is -2.18. The van der Waals surface area contributed by atoms with Gasteiger partial charge in [0.15, 0.2) is 0 Å². The number of hydrogen-bond donors (Lipinski definition) is 2. The van der Waals surface area contributed by atoms with Crippen molar-refractivity contribution in [1.29, 1.82) is 0 Å². The Bertz CT molecular complexity index is 1020. The summed E-state index contributed by atoms with van der Waals surface area (Å²) in [6.45, 7) is 2.17. The van der Waals surface area contributed by atoms with E-state index in [1.54, 1.807) is 0 Å². The average Bonchev–Trinajstić information content (AvgIpc) is 2.68. The van der Waals surface area contributed by atoms with E-state index in [-0.39, 0.29) is 26.1 Å². The zero-order valence-electron chi connectivity index (χ0n) is 15.6. The fourth-order valence-corrected chi connectivity index (χ4v) is 3.16. The minimum Gasteiger partial charge on any atom is -0.492 e. The van der Waals surface area contributed by atoms with Gasteiger partial charge in [0.1, 0.15) is 11.5 Å². The number of carbonyl (C=O) groups is 2. The molecule has 28 heavy (non-hydrogen) atoms. The molecule has 0 aromatic heterocycles. The van der Waals surface area contributed by atoms with Crippen molar-refractivity contribution in [3.63, 3.8) is 0 Å². The van der Waals surface area contributed by atoms with Gasteiger partial charge in [-0.2, -0.15) is 0 Å². The predicted octanol–water partition coefficient (Wildman–Crippen LogP) is 4.26. The van der Waals surface area contributed by atoms with Crippen LogP contribution in [-0.2, 0) is 16.0 Å². The standard InChI is InChI=1S/C22H22O6/c1-2-14-7-8-17-18(13-14)22(28-12-10-20(25)26)16-6-4-3-5-15(16)21(17)27-11-9-19(23)24/h3-8,13H,2,9-12H2,1H3,(H,23,24)(H,25,26). The number of aryl methyl sites for hydroxylation is 1. The Hall–Kier alpha value is -3.28. The van der Waals surface area contributed by atoms with Gasteiger partial charge < -0.3 is 19.7 Å². The molecule has 6 heteroatoms. The molecule has 3 rings (SSSR count). The highest BCUT2D eigenvalue weighted by molar-refractivity contribution is 6.11. The summed E-state index contributed by atoms with van der Waals surface area (Å²) in [5.41, 5.74) is 1.11. The molecule has 6 nitrogen and oxygen atoms in total. The molecule has 0 saturated carbocycles. The number of aliphatic carboxylic acids is 2. The van der Waals surface area contributed by atoms with E-state index in [1.807, 2.05) is 42.5 Å². The van der Waals surface area contributed by atoms with Crippen LogP contribution in [0.2, 0.25) is 0 Å². The molecule has 0 unspecified atom stereocenters. The van der Waals surface area contributed by atoms with Gasteiger partial charge in [-0.05, 0) is 18.1 Å². The third kappa shape index (κ3) is 4.17. The van der Waals surface area contributed by atoms with Crippen LogP contribution in [0.5, 0.6) is 11.5 Å². The van der Waals surface area contributed by atoms with Crippen LogP contribution in [0, 0.1) is 0 Å². The van der Waals surface area contributed by atoms with Crippen LogP contribution in [0.4, 0.5) is 0 Å². The molecule has 0 atom stereocenters. The van der Waals surface area contributed by atoms with Crippen LogP contribution < -0.4 is 9.47 Å². The van der Waals surface area contributed by atoms with E-state index in [1.165, 1.54) is 0 Å². The van der Waals surface area contributed by atoms with E-state index in [9.17, 15) is 9.59 Å². The number of carboxylic acid groups (broad SMARTS) is 2. The molecule has 0 fully saturated rings. The van der Waals surface area contributed by atoms with Gasteiger partial charge in [0, 0.05) is 21.5 Å². The highest BCUT2D eigenvalue weighted by atomic mass is 16.5. The molecular weight excluding hydrogens is 360 g/mol. The van der Waals surface area contributed by atoms with E-state index in [4.69, 9.17) is 19.7 Å². The Morgan fingerprint density at radius 2 is 1.29 bits per heavy atom. The Kier molecular flexibility index (Phi) is 5.99. The summed E-state index contributed by atoms with van der Waals surface area (Å²) in [6, 6.07) is 13.5. The van der Waals surface area contributed by atoms with Crippen LogP contribution >= 0.6 is 0 Å². The summed E-state index contributed by atoms with van der Waals surface area (Å²) in [5, 5.41) is 21.1. The van der Waals surface area contributed by atoms with E-state index < -0.39 is 11.9 Å². The molecule has 0 heterocycles. The molecule has 0 aliphatic rings. The predicted molar refractivity (Wildman–Crippen MR) is 106 cm³/mol. The molecule has 0 amide bonds. The van der Waals surface area contributed by atoms with Crippen LogP contribution in [-0.4, -0.2) is 35.4 Å². The lowest BCUT2D eigenvalue weighted by Crippen LogP contribution is -2.07. The van der Waals surface area contributed by atoms with Crippen LogP contribution in [0.1, 0.15) is 25.3 Å². The Labute approximate surface area is 162 Å². The van der Waals surface area contributed by atoms with E-state index in [2.05, 4.69) is 6.92 Å². The first-order valence-corrected chi connectivity index (χ1v) is 9.17. The SMILES string of the molecule is CCc1ccc2c(OCCC(=O)O)c3ccccc3c(OCCC(=O)O)c2c1. The smallest absolute Gasteiger partial charge is 0.306 e. The largest absolute Gasteiger partial charge is 0.492 e. The summed E-state index contributed by atoms with van der Waals surface area (Å²) < 4.78 is 11.8. The zero-order valence-corrected chi connectivity index (χ0v) is 15.6. The summed E-state index contributed by atoms with van der Waals surface area (Å²) in [4.78, 5) is 21.8.